The van der Waals surface area contributed by atoms with Crippen LogP contribution in [0.4, 0.5) is 0 Å². The molecule has 3 N–H and O–H groups in total. The highest BCUT2D eigenvalue weighted by Gasteiger charge is 2.07. The summed E-state index contributed by atoms with van der Waals surface area (Å²) >= 11 is 5.75. The molecular formula is C8H11ClN2O. The smallest absolute Gasteiger partial charge is 0.132 e. The molecule has 1 aromatic rings. The van der Waals surface area contributed by atoms with Crippen LogP contribution >= 0.6 is 11.6 Å². The summed E-state index contributed by atoms with van der Waals surface area (Å²) in [5.41, 5.74) is 6.67. The molecule has 0 saturated carbocycles. The number of hydrogen-bond donors (Lipinski definition) is 2. The molecule has 1 atom stereocenters. The number of pyridine rings is 1. The molecule has 4 heteroatoms. The normalized spacial score (nSPS) is 13.0. The minimum atomic E-state index is -0.719. The summed E-state index contributed by atoms with van der Waals surface area (Å²) in [7, 11) is 0. The summed E-state index contributed by atoms with van der Waals surface area (Å²) in [6, 6.07) is 3.53. The number of nitrogens with two attached hydrogens (primary N) is 1. The summed E-state index contributed by atoms with van der Waals surface area (Å²) in [6.45, 7) is 2.01. The Hall–Kier alpha value is -0.640. The number of hydrogen-bond acceptors (Lipinski definition) is 3. The van der Waals surface area contributed by atoms with Gasteiger partial charge in [0.25, 0.3) is 0 Å². The van der Waals surface area contributed by atoms with E-state index < -0.39 is 6.10 Å². The Bertz CT molecular complexity index is 278. The maximum Gasteiger partial charge on any atom is 0.132 e. The van der Waals surface area contributed by atoms with Crippen LogP contribution < -0.4 is 5.73 Å². The lowest BCUT2D eigenvalue weighted by molar-refractivity contribution is 0.182. The minimum Gasteiger partial charge on any atom is -0.385 e. The number of aliphatic hydroxyl groups excluding tert-OH is 1. The topological polar surface area (TPSA) is 59.1 Å². The van der Waals surface area contributed by atoms with Crippen LogP contribution in [0.25, 0.3) is 0 Å². The molecule has 1 rings (SSSR count). The van der Waals surface area contributed by atoms with Gasteiger partial charge in [0.05, 0.1) is 5.69 Å². The standard InChI is InChI=1S/C8H11ClN2O/c1-5-2-3-6(7(12)4-10)11-8(5)9/h2-3,7,12H,4,10H2,1H3. The number of nitrogens with zero attached hydrogens (tertiary/aromatic N) is 1. The second-order valence-corrected chi connectivity index (χ2v) is 2.95. The predicted octanol–water partition coefficient (Wildman–Crippen LogP) is 1.04. The van der Waals surface area contributed by atoms with Gasteiger partial charge in [0.1, 0.15) is 11.3 Å². The molecule has 0 saturated heterocycles. The van der Waals surface area contributed by atoms with Crippen LogP contribution in [-0.2, 0) is 0 Å². The number of aliphatic hydroxyl groups is 1. The Kier molecular flexibility index (Phi) is 3.03. The van der Waals surface area contributed by atoms with Gasteiger partial charge >= 0.3 is 0 Å². The van der Waals surface area contributed by atoms with E-state index in [1.54, 1.807) is 6.07 Å². The van der Waals surface area contributed by atoms with Gasteiger partial charge in [-0.15, -0.1) is 0 Å². The number of aromatic nitrogens is 1. The maximum atomic E-state index is 9.30. The van der Waals surface area contributed by atoms with Gasteiger partial charge in [0.2, 0.25) is 0 Å². The monoisotopic (exact) mass is 186 g/mol. The highest BCUT2D eigenvalue weighted by Crippen LogP contribution is 2.16. The number of rotatable bonds is 2. The Labute approximate surface area is 76.2 Å². The van der Waals surface area contributed by atoms with Gasteiger partial charge < -0.3 is 10.8 Å². The fourth-order valence-electron chi connectivity index (χ4n) is 0.824. The summed E-state index contributed by atoms with van der Waals surface area (Å²) in [5, 5.41) is 9.72. The first-order valence-electron chi connectivity index (χ1n) is 3.66. The molecule has 0 aliphatic heterocycles. The molecule has 0 fully saturated rings. The zero-order valence-corrected chi connectivity index (χ0v) is 7.54. The van der Waals surface area contributed by atoms with E-state index in [0.29, 0.717) is 10.8 Å². The molecule has 3 nitrogen and oxygen atoms in total. The van der Waals surface area contributed by atoms with Crippen molar-refractivity contribution in [2.75, 3.05) is 6.54 Å². The van der Waals surface area contributed by atoms with Crippen LogP contribution in [-0.4, -0.2) is 16.6 Å². The van der Waals surface area contributed by atoms with Crippen molar-refractivity contribution < 1.29 is 5.11 Å². The zero-order chi connectivity index (χ0) is 9.14. The van der Waals surface area contributed by atoms with Gasteiger partial charge in [-0.3, -0.25) is 0 Å². The lowest BCUT2D eigenvalue weighted by atomic mass is 10.2. The molecule has 0 aliphatic rings. The molecular weight excluding hydrogens is 176 g/mol. The molecule has 12 heavy (non-hydrogen) atoms. The van der Waals surface area contributed by atoms with E-state index in [-0.39, 0.29) is 6.54 Å². The fourth-order valence-corrected chi connectivity index (χ4v) is 0.985. The average molecular weight is 187 g/mol. The third kappa shape index (κ3) is 1.94. The van der Waals surface area contributed by atoms with Crippen molar-refractivity contribution in [1.29, 1.82) is 0 Å². The molecule has 66 valence electrons. The van der Waals surface area contributed by atoms with Gasteiger partial charge in [-0.1, -0.05) is 17.7 Å². The maximum absolute atomic E-state index is 9.30. The fraction of sp³-hybridized carbons (Fsp3) is 0.375. The predicted molar refractivity (Wildman–Crippen MR) is 48.0 cm³/mol. The quantitative estimate of drug-likeness (QED) is 0.679. The molecule has 1 aromatic heterocycles. The third-order valence-corrected chi connectivity index (χ3v) is 2.00. The van der Waals surface area contributed by atoms with Crippen molar-refractivity contribution in [2.24, 2.45) is 5.73 Å². The Morgan fingerprint density at radius 3 is 2.83 bits per heavy atom. The summed E-state index contributed by atoms with van der Waals surface area (Å²) in [6.07, 6.45) is -0.719. The summed E-state index contributed by atoms with van der Waals surface area (Å²) in [5.74, 6) is 0. The van der Waals surface area contributed by atoms with E-state index in [4.69, 9.17) is 17.3 Å². The van der Waals surface area contributed by atoms with E-state index in [2.05, 4.69) is 4.98 Å². The van der Waals surface area contributed by atoms with Gasteiger partial charge in [0, 0.05) is 6.54 Å². The van der Waals surface area contributed by atoms with Crippen LogP contribution in [0.5, 0.6) is 0 Å². The largest absolute Gasteiger partial charge is 0.385 e. The van der Waals surface area contributed by atoms with E-state index in [1.807, 2.05) is 13.0 Å². The van der Waals surface area contributed by atoms with Crippen molar-refractivity contribution in [3.05, 3.63) is 28.5 Å². The van der Waals surface area contributed by atoms with Crippen LogP contribution in [0.2, 0.25) is 5.15 Å². The van der Waals surface area contributed by atoms with Gasteiger partial charge in [0.15, 0.2) is 0 Å². The first-order valence-corrected chi connectivity index (χ1v) is 4.04. The van der Waals surface area contributed by atoms with E-state index in [0.717, 1.165) is 5.56 Å². The Balaban J connectivity index is 2.96. The molecule has 0 aliphatic carbocycles. The van der Waals surface area contributed by atoms with Crippen LogP contribution in [0, 0.1) is 6.92 Å². The second-order valence-electron chi connectivity index (χ2n) is 2.60. The Morgan fingerprint density at radius 1 is 1.67 bits per heavy atom. The van der Waals surface area contributed by atoms with Crippen molar-refractivity contribution in [2.45, 2.75) is 13.0 Å². The third-order valence-electron chi connectivity index (χ3n) is 1.62. The first kappa shape index (κ1) is 9.45. The lowest BCUT2D eigenvalue weighted by Crippen LogP contribution is -2.13. The molecule has 0 aromatic carbocycles. The van der Waals surface area contributed by atoms with Crippen LogP contribution in [0.3, 0.4) is 0 Å². The van der Waals surface area contributed by atoms with E-state index >= 15 is 0 Å². The van der Waals surface area contributed by atoms with Gasteiger partial charge in [-0.2, -0.15) is 0 Å². The molecule has 1 heterocycles. The number of aryl methyl sites for hydroxylation is 1. The molecule has 1 unspecified atom stereocenters. The highest BCUT2D eigenvalue weighted by molar-refractivity contribution is 6.30. The van der Waals surface area contributed by atoms with E-state index in [9.17, 15) is 5.11 Å². The summed E-state index contributed by atoms with van der Waals surface area (Å²) < 4.78 is 0. The molecule has 0 spiro atoms. The average Bonchev–Trinajstić information content (AvgIpc) is 2.08. The molecule has 0 amide bonds. The van der Waals surface area contributed by atoms with Crippen molar-refractivity contribution in [3.8, 4) is 0 Å². The van der Waals surface area contributed by atoms with Crippen molar-refractivity contribution in [3.63, 3.8) is 0 Å². The van der Waals surface area contributed by atoms with Gasteiger partial charge in [-0.25, -0.2) is 4.98 Å². The second kappa shape index (κ2) is 3.85. The molecule has 0 bridgehead atoms. The molecule has 0 radical (unpaired) electrons. The van der Waals surface area contributed by atoms with Crippen LogP contribution in [0.15, 0.2) is 12.1 Å². The number of halogens is 1. The van der Waals surface area contributed by atoms with E-state index in [1.165, 1.54) is 0 Å². The van der Waals surface area contributed by atoms with Crippen molar-refractivity contribution >= 4 is 11.6 Å². The zero-order valence-electron chi connectivity index (χ0n) is 6.79. The lowest BCUT2D eigenvalue weighted by Gasteiger charge is -2.07. The first-order chi connectivity index (χ1) is 5.65. The highest BCUT2D eigenvalue weighted by atomic mass is 35.5. The van der Waals surface area contributed by atoms with Gasteiger partial charge in [-0.05, 0) is 18.6 Å². The van der Waals surface area contributed by atoms with Crippen molar-refractivity contribution in [1.82, 2.24) is 4.98 Å². The van der Waals surface area contributed by atoms with Crippen LogP contribution in [0.1, 0.15) is 17.4 Å². The Morgan fingerprint density at radius 2 is 2.33 bits per heavy atom. The summed E-state index contributed by atoms with van der Waals surface area (Å²) in [4.78, 5) is 3.98. The minimum absolute atomic E-state index is 0.159. The SMILES string of the molecule is Cc1ccc(C(O)CN)nc1Cl.